The van der Waals surface area contributed by atoms with Gasteiger partial charge in [-0.05, 0) is 53.1 Å². The fraction of sp³-hybridized carbons (Fsp3) is 0.237. The van der Waals surface area contributed by atoms with Crippen molar-refractivity contribution in [1.82, 2.24) is 9.13 Å². The first-order chi connectivity index (χ1) is 23.8. The molecule has 0 saturated carbocycles. The first-order valence-corrected chi connectivity index (χ1v) is 15.6. The van der Waals surface area contributed by atoms with Gasteiger partial charge >= 0.3 is 5.69 Å². The third kappa shape index (κ3) is 6.32. The second kappa shape index (κ2) is 14.4. The van der Waals surface area contributed by atoms with Crippen molar-refractivity contribution in [3.8, 4) is 11.5 Å². The molecule has 0 bridgehead atoms. The zero-order valence-corrected chi connectivity index (χ0v) is 27.2. The lowest BCUT2D eigenvalue weighted by Crippen LogP contribution is -2.46. The van der Waals surface area contributed by atoms with Crippen molar-refractivity contribution in [1.29, 1.82) is 0 Å². The number of benzene rings is 4. The molecule has 0 spiro atoms. The van der Waals surface area contributed by atoms with Crippen molar-refractivity contribution in [2.24, 2.45) is 0 Å². The number of hydrogen-bond donors (Lipinski definition) is 1. The molecule has 1 saturated heterocycles. The minimum Gasteiger partial charge on any atom is -0.497 e. The average Bonchev–Trinajstić information content (AvgIpc) is 3.47. The van der Waals surface area contributed by atoms with E-state index >= 15 is 0 Å². The Hall–Kier alpha value is -5.33. The molecule has 1 aliphatic heterocycles. The van der Waals surface area contributed by atoms with Crippen LogP contribution in [0.4, 0.5) is 0 Å². The highest BCUT2D eigenvalue weighted by molar-refractivity contribution is 5.95. The summed E-state index contributed by atoms with van der Waals surface area (Å²) in [4.78, 5) is 39.9. The standard InChI is InChI=1S/C38H36N2O9/c1-45-29-18-14-25(15-19-29)35(43)40-32(41)22-23-39(37(40)44)36-34(47-3)33(42)31(49-36)24-48-38(26-10-6-4-7-11-26,27-12-8-5-9-13-27)28-16-20-30(46-2)21-17-28/h4-23,31,33-34,36,42H,24H2,1-3H3/t31-,33-,34-,36-/m1/s1. The van der Waals surface area contributed by atoms with Gasteiger partial charge in [-0.1, -0.05) is 72.8 Å². The van der Waals surface area contributed by atoms with Crippen molar-refractivity contribution >= 4 is 5.91 Å². The van der Waals surface area contributed by atoms with E-state index < -0.39 is 47.3 Å². The van der Waals surface area contributed by atoms with Crippen LogP contribution in [0.5, 0.6) is 11.5 Å². The van der Waals surface area contributed by atoms with Crippen LogP contribution in [0.2, 0.25) is 0 Å². The van der Waals surface area contributed by atoms with Crippen LogP contribution in [-0.4, -0.2) is 66.4 Å². The molecule has 0 amide bonds. The third-order valence-corrected chi connectivity index (χ3v) is 8.73. The lowest BCUT2D eigenvalue weighted by atomic mass is 9.80. The molecule has 6 rings (SSSR count). The first-order valence-electron chi connectivity index (χ1n) is 15.6. The van der Waals surface area contributed by atoms with E-state index in [4.69, 9.17) is 23.7 Å². The van der Waals surface area contributed by atoms with E-state index in [-0.39, 0.29) is 12.2 Å². The van der Waals surface area contributed by atoms with E-state index in [1.54, 1.807) is 19.2 Å². The molecular formula is C38H36N2O9. The smallest absolute Gasteiger partial charge is 0.340 e. The number of carbonyl (C=O) groups excluding carboxylic acids is 1. The Labute approximate surface area is 282 Å². The maximum Gasteiger partial charge on any atom is 0.340 e. The monoisotopic (exact) mass is 664 g/mol. The maximum absolute atomic E-state index is 13.7. The van der Waals surface area contributed by atoms with E-state index in [2.05, 4.69) is 0 Å². The van der Waals surface area contributed by atoms with Gasteiger partial charge in [-0.2, -0.15) is 4.57 Å². The molecule has 11 nitrogen and oxygen atoms in total. The second-order valence-electron chi connectivity index (χ2n) is 11.4. The summed E-state index contributed by atoms with van der Waals surface area (Å²) >= 11 is 0. The summed E-state index contributed by atoms with van der Waals surface area (Å²) in [5.41, 5.74) is -0.333. The number of aromatic nitrogens is 2. The summed E-state index contributed by atoms with van der Waals surface area (Å²) < 4.78 is 31.0. The maximum atomic E-state index is 13.7. The fourth-order valence-electron chi connectivity index (χ4n) is 6.20. The number of carbonyl (C=O) groups is 1. The molecule has 1 fully saturated rings. The van der Waals surface area contributed by atoms with Gasteiger partial charge in [0, 0.05) is 24.9 Å². The highest BCUT2D eigenvalue weighted by Gasteiger charge is 2.48. The van der Waals surface area contributed by atoms with E-state index in [0.29, 0.717) is 16.1 Å². The van der Waals surface area contributed by atoms with Gasteiger partial charge in [0.25, 0.3) is 11.5 Å². The van der Waals surface area contributed by atoms with Gasteiger partial charge in [0.2, 0.25) is 0 Å². The second-order valence-corrected chi connectivity index (χ2v) is 11.4. The number of ether oxygens (including phenoxy) is 5. The number of hydrogen-bond acceptors (Lipinski definition) is 9. The van der Waals surface area contributed by atoms with Gasteiger partial charge in [-0.25, -0.2) is 4.79 Å². The summed E-state index contributed by atoms with van der Waals surface area (Å²) in [6.07, 6.45) is -3.24. The summed E-state index contributed by atoms with van der Waals surface area (Å²) in [7, 11) is 4.47. The van der Waals surface area contributed by atoms with Crippen molar-refractivity contribution in [2.45, 2.75) is 30.1 Å². The van der Waals surface area contributed by atoms with Crippen LogP contribution in [0, 0.1) is 0 Å². The first kappa shape index (κ1) is 33.6. The Balaban J connectivity index is 1.36. The van der Waals surface area contributed by atoms with E-state index in [1.165, 1.54) is 32.5 Å². The quantitative estimate of drug-likeness (QED) is 0.209. The van der Waals surface area contributed by atoms with Crippen molar-refractivity contribution in [3.63, 3.8) is 0 Å². The van der Waals surface area contributed by atoms with E-state index in [9.17, 15) is 19.5 Å². The van der Waals surface area contributed by atoms with Crippen molar-refractivity contribution < 1.29 is 33.6 Å². The van der Waals surface area contributed by atoms with Crippen LogP contribution < -0.4 is 20.7 Å². The van der Waals surface area contributed by atoms with Crippen LogP contribution in [0.3, 0.4) is 0 Å². The predicted octanol–water partition coefficient (Wildman–Crippen LogP) is 4.00. The molecule has 1 aromatic heterocycles. The molecule has 0 aliphatic carbocycles. The SMILES string of the molecule is COc1ccc(C(=O)n2c(=O)ccn([C@@H]3O[C@H](COC(c4ccccc4)(c4ccccc4)c4ccc(OC)cc4)[C@@H](O)[C@H]3OC)c2=O)cc1. The Morgan fingerprint density at radius 3 is 1.82 bits per heavy atom. The highest BCUT2D eigenvalue weighted by atomic mass is 16.6. The molecule has 2 heterocycles. The predicted molar refractivity (Wildman–Crippen MR) is 180 cm³/mol. The summed E-state index contributed by atoms with van der Waals surface area (Å²) in [6.45, 7) is -0.132. The number of nitrogens with zero attached hydrogens (tertiary/aromatic N) is 2. The molecular weight excluding hydrogens is 628 g/mol. The summed E-state index contributed by atoms with van der Waals surface area (Å²) in [5, 5.41) is 11.5. The van der Waals surface area contributed by atoms with Crippen LogP contribution in [0.25, 0.3) is 0 Å². The number of methoxy groups -OCH3 is 3. The van der Waals surface area contributed by atoms with Crippen LogP contribution >= 0.6 is 0 Å². The van der Waals surface area contributed by atoms with Crippen LogP contribution in [0.15, 0.2) is 131 Å². The van der Waals surface area contributed by atoms with Crippen molar-refractivity contribution in [3.05, 3.63) is 165 Å². The van der Waals surface area contributed by atoms with Gasteiger partial charge < -0.3 is 28.8 Å². The number of aliphatic hydroxyl groups excluding tert-OH is 1. The van der Waals surface area contributed by atoms with Gasteiger partial charge in [0.1, 0.15) is 35.4 Å². The lowest BCUT2D eigenvalue weighted by Gasteiger charge is -2.37. The molecule has 4 atom stereocenters. The largest absolute Gasteiger partial charge is 0.497 e. The van der Waals surface area contributed by atoms with Crippen molar-refractivity contribution in [2.75, 3.05) is 27.9 Å². The Kier molecular flexibility index (Phi) is 9.88. The molecule has 11 heteroatoms. The Morgan fingerprint density at radius 2 is 1.29 bits per heavy atom. The van der Waals surface area contributed by atoms with Gasteiger partial charge in [-0.15, -0.1) is 0 Å². The van der Waals surface area contributed by atoms with Gasteiger partial charge in [-0.3, -0.25) is 14.2 Å². The molecule has 5 aromatic rings. The summed E-state index contributed by atoms with van der Waals surface area (Å²) in [6, 6.07) is 34.1. The van der Waals surface area contributed by atoms with E-state index in [1.807, 2.05) is 84.9 Å². The molecule has 4 aromatic carbocycles. The number of aliphatic hydroxyl groups is 1. The van der Waals surface area contributed by atoms with Crippen LogP contribution in [0.1, 0.15) is 33.3 Å². The third-order valence-electron chi connectivity index (χ3n) is 8.73. The summed E-state index contributed by atoms with van der Waals surface area (Å²) in [5.74, 6) is 0.361. The lowest BCUT2D eigenvalue weighted by molar-refractivity contribution is -0.0968. The van der Waals surface area contributed by atoms with E-state index in [0.717, 1.165) is 27.3 Å². The topological polar surface area (TPSA) is 127 Å². The normalized spacial score (nSPS) is 19.0. The Bertz CT molecular complexity index is 1950. The molecule has 49 heavy (non-hydrogen) atoms. The Morgan fingerprint density at radius 1 is 0.755 bits per heavy atom. The molecule has 1 aliphatic rings. The zero-order valence-electron chi connectivity index (χ0n) is 27.2. The average molecular weight is 665 g/mol. The molecule has 0 unspecified atom stereocenters. The molecule has 1 N–H and O–H groups in total. The minimum atomic E-state index is -1.25. The fourth-order valence-corrected chi connectivity index (χ4v) is 6.20. The zero-order chi connectivity index (χ0) is 34.5. The van der Waals surface area contributed by atoms with Gasteiger partial charge in [0.15, 0.2) is 6.23 Å². The van der Waals surface area contributed by atoms with Crippen LogP contribution in [-0.2, 0) is 19.8 Å². The minimum absolute atomic E-state index is 0.108. The highest BCUT2D eigenvalue weighted by Crippen LogP contribution is 2.42. The molecule has 252 valence electrons. The van der Waals surface area contributed by atoms with Gasteiger partial charge in [0.05, 0.1) is 20.8 Å². The number of rotatable bonds is 11. The molecule has 0 radical (unpaired) electrons.